The van der Waals surface area contributed by atoms with E-state index in [1.54, 1.807) is 31.2 Å². The first-order valence-corrected chi connectivity index (χ1v) is 5.84. The van der Waals surface area contributed by atoms with Crippen molar-refractivity contribution in [3.05, 3.63) is 59.4 Å². The van der Waals surface area contributed by atoms with Gasteiger partial charge in [0.1, 0.15) is 11.6 Å². The highest BCUT2D eigenvalue weighted by Crippen LogP contribution is 2.14. The number of carbonyl (C=O) groups excluding carboxylic acids is 1. The number of carbonyl (C=O) groups is 1. The molecule has 0 aliphatic carbocycles. The third-order valence-corrected chi connectivity index (χ3v) is 2.73. The average molecular weight is 259 g/mol. The molecule has 0 unspecified atom stereocenters. The lowest BCUT2D eigenvalue weighted by Gasteiger charge is -2.06. The summed E-state index contributed by atoms with van der Waals surface area (Å²) in [5, 5.41) is 0. The topological polar surface area (TPSA) is 52.3 Å². The predicted octanol–water partition coefficient (Wildman–Crippen LogP) is 2.98. The van der Waals surface area contributed by atoms with Crippen LogP contribution in [-0.4, -0.2) is 12.4 Å². The first-order chi connectivity index (χ1) is 9.06. The van der Waals surface area contributed by atoms with Crippen molar-refractivity contribution in [3.8, 4) is 5.75 Å². The summed E-state index contributed by atoms with van der Waals surface area (Å²) in [5.41, 5.74) is 7.06. The Morgan fingerprint density at radius 1 is 1.21 bits per heavy atom. The summed E-state index contributed by atoms with van der Waals surface area (Å²) in [4.78, 5) is 11.9. The van der Waals surface area contributed by atoms with E-state index in [0.29, 0.717) is 22.6 Å². The van der Waals surface area contributed by atoms with Gasteiger partial charge in [0.25, 0.3) is 0 Å². The normalized spacial score (nSPS) is 10.2. The summed E-state index contributed by atoms with van der Waals surface area (Å²) < 4.78 is 18.4. The standard InChI is InChI=1S/C15H14FNO2/c1-10-8-11(2-7-14(10)16)15(18)9-19-13-5-3-12(17)4-6-13/h2-8H,9,17H2,1H3. The van der Waals surface area contributed by atoms with Crippen molar-refractivity contribution >= 4 is 11.5 Å². The third kappa shape index (κ3) is 3.31. The Morgan fingerprint density at radius 3 is 2.53 bits per heavy atom. The number of ether oxygens (including phenoxy) is 1. The molecule has 0 aliphatic heterocycles. The van der Waals surface area contributed by atoms with Crippen LogP contribution in [0.3, 0.4) is 0 Å². The minimum atomic E-state index is -0.323. The molecule has 3 nitrogen and oxygen atoms in total. The number of halogens is 1. The molecule has 0 aromatic heterocycles. The van der Waals surface area contributed by atoms with Crippen LogP contribution in [0.15, 0.2) is 42.5 Å². The van der Waals surface area contributed by atoms with Crippen LogP contribution >= 0.6 is 0 Å². The Kier molecular flexibility index (Phi) is 3.80. The van der Waals surface area contributed by atoms with Crippen molar-refractivity contribution in [2.24, 2.45) is 0 Å². The van der Waals surface area contributed by atoms with Gasteiger partial charge < -0.3 is 10.5 Å². The highest BCUT2D eigenvalue weighted by Gasteiger charge is 2.08. The molecule has 0 fully saturated rings. The minimum absolute atomic E-state index is 0.0883. The SMILES string of the molecule is Cc1cc(C(=O)COc2ccc(N)cc2)ccc1F. The van der Waals surface area contributed by atoms with Gasteiger partial charge in [-0.25, -0.2) is 4.39 Å². The molecule has 2 rings (SSSR count). The zero-order valence-corrected chi connectivity index (χ0v) is 10.5. The van der Waals surface area contributed by atoms with Crippen molar-refractivity contribution in [1.29, 1.82) is 0 Å². The van der Waals surface area contributed by atoms with Crippen LogP contribution in [0.4, 0.5) is 10.1 Å². The third-order valence-electron chi connectivity index (χ3n) is 2.73. The fraction of sp³-hybridized carbons (Fsp3) is 0.133. The monoisotopic (exact) mass is 259 g/mol. The van der Waals surface area contributed by atoms with Gasteiger partial charge in [-0.15, -0.1) is 0 Å². The van der Waals surface area contributed by atoms with Gasteiger partial charge in [-0.05, 0) is 55.0 Å². The summed E-state index contributed by atoms with van der Waals surface area (Å²) in [6.07, 6.45) is 0. The minimum Gasteiger partial charge on any atom is -0.485 e. The molecule has 0 radical (unpaired) electrons. The highest BCUT2D eigenvalue weighted by atomic mass is 19.1. The first-order valence-electron chi connectivity index (χ1n) is 5.84. The number of anilines is 1. The van der Waals surface area contributed by atoms with E-state index in [4.69, 9.17) is 10.5 Å². The Balaban J connectivity index is 2.01. The maximum absolute atomic E-state index is 13.1. The van der Waals surface area contributed by atoms with E-state index in [1.807, 2.05) is 0 Å². The molecular weight excluding hydrogens is 245 g/mol. The molecule has 2 aromatic carbocycles. The number of Topliss-reactive ketones (excluding diaryl/α,β-unsaturated/α-hetero) is 1. The van der Waals surface area contributed by atoms with Crippen LogP contribution < -0.4 is 10.5 Å². The van der Waals surface area contributed by atoms with E-state index in [1.165, 1.54) is 18.2 Å². The van der Waals surface area contributed by atoms with Crippen LogP contribution in [0.1, 0.15) is 15.9 Å². The molecule has 0 atom stereocenters. The summed E-state index contributed by atoms with van der Waals surface area (Å²) in [5.74, 6) is 0.0531. The largest absolute Gasteiger partial charge is 0.485 e. The zero-order valence-electron chi connectivity index (χ0n) is 10.5. The van der Waals surface area contributed by atoms with Crippen LogP contribution in [0.2, 0.25) is 0 Å². The molecule has 0 aliphatic rings. The maximum atomic E-state index is 13.1. The Labute approximate surface area is 110 Å². The summed E-state index contributed by atoms with van der Waals surface area (Å²) >= 11 is 0. The van der Waals surface area contributed by atoms with Crippen molar-refractivity contribution in [3.63, 3.8) is 0 Å². The summed E-state index contributed by atoms with van der Waals surface area (Å²) in [6, 6.07) is 11.0. The number of hydrogen-bond acceptors (Lipinski definition) is 3. The van der Waals surface area contributed by atoms with Crippen molar-refractivity contribution in [2.45, 2.75) is 6.92 Å². The molecule has 2 aromatic rings. The lowest BCUT2D eigenvalue weighted by Crippen LogP contribution is -2.12. The van der Waals surface area contributed by atoms with Crippen LogP contribution in [0.25, 0.3) is 0 Å². The number of aryl methyl sites for hydroxylation is 1. The molecular formula is C15H14FNO2. The van der Waals surface area contributed by atoms with Crippen LogP contribution in [-0.2, 0) is 0 Å². The fourth-order valence-electron chi connectivity index (χ4n) is 1.61. The van der Waals surface area contributed by atoms with Crippen molar-refractivity contribution < 1.29 is 13.9 Å². The Bertz CT molecular complexity index is 594. The second-order valence-corrected chi connectivity index (χ2v) is 4.24. The zero-order chi connectivity index (χ0) is 13.8. The highest BCUT2D eigenvalue weighted by molar-refractivity contribution is 5.97. The molecule has 98 valence electrons. The number of nitrogens with two attached hydrogens (primary N) is 1. The number of hydrogen-bond donors (Lipinski definition) is 1. The molecule has 0 spiro atoms. The maximum Gasteiger partial charge on any atom is 0.200 e. The van der Waals surface area contributed by atoms with Gasteiger partial charge in [0, 0.05) is 11.3 Å². The molecule has 0 saturated carbocycles. The van der Waals surface area contributed by atoms with Gasteiger partial charge in [-0.2, -0.15) is 0 Å². The average Bonchev–Trinajstić information content (AvgIpc) is 2.41. The smallest absolute Gasteiger partial charge is 0.200 e. The predicted molar refractivity (Wildman–Crippen MR) is 71.8 cm³/mol. The van der Waals surface area contributed by atoms with Crippen LogP contribution in [0.5, 0.6) is 5.75 Å². The molecule has 4 heteroatoms. The van der Waals surface area contributed by atoms with Crippen LogP contribution in [0, 0.1) is 12.7 Å². The second kappa shape index (κ2) is 5.52. The van der Waals surface area contributed by atoms with E-state index in [2.05, 4.69) is 0 Å². The number of ketones is 1. The van der Waals surface area contributed by atoms with Crippen molar-refractivity contribution in [2.75, 3.05) is 12.3 Å². The van der Waals surface area contributed by atoms with E-state index in [-0.39, 0.29) is 18.2 Å². The fourth-order valence-corrected chi connectivity index (χ4v) is 1.61. The molecule has 0 heterocycles. The van der Waals surface area contributed by atoms with Gasteiger partial charge in [-0.3, -0.25) is 4.79 Å². The number of benzene rings is 2. The van der Waals surface area contributed by atoms with Gasteiger partial charge in [0.15, 0.2) is 12.4 Å². The molecule has 19 heavy (non-hydrogen) atoms. The lowest BCUT2D eigenvalue weighted by atomic mass is 10.1. The van der Waals surface area contributed by atoms with E-state index in [0.717, 1.165) is 0 Å². The Hall–Kier alpha value is -2.36. The summed E-state index contributed by atoms with van der Waals surface area (Å²) in [6.45, 7) is 1.53. The first kappa shape index (κ1) is 13.1. The Morgan fingerprint density at radius 2 is 1.89 bits per heavy atom. The van der Waals surface area contributed by atoms with Gasteiger partial charge in [0.2, 0.25) is 0 Å². The lowest BCUT2D eigenvalue weighted by molar-refractivity contribution is 0.0921. The summed E-state index contributed by atoms with van der Waals surface area (Å²) in [7, 11) is 0. The van der Waals surface area contributed by atoms with Crippen molar-refractivity contribution in [1.82, 2.24) is 0 Å². The quantitative estimate of drug-likeness (QED) is 0.678. The van der Waals surface area contributed by atoms with Gasteiger partial charge >= 0.3 is 0 Å². The number of nitrogen functional groups attached to an aromatic ring is 1. The van der Waals surface area contributed by atoms with Gasteiger partial charge in [0.05, 0.1) is 0 Å². The molecule has 2 N–H and O–H groups in total. The second-order valence-electron chi connectivity index (χ2n) is 4.24. The van der Waals surface area contributed by atoms with E-state index in [9.17, 15) is 9.18 Å². The molecule has 0 saturated heterocycles. The van der Waals surface area contributed by atoms with Gasteiger partial charge in [-0.1, -0.05) is 0 Å². The van der Waals surface area contributed by atoms with E-state index < -0.39 is 0 Å². The van der Waals surface area contributed by atoms with E-state index >= 15 is 0 Å². The molecule has 0 amide bonds. The molecule has 0 bridgehead atoms. The number of rotatable bonds is 4.